The van der Waals surface area contributed by atoms with Gasteiger partial charge >= 0.3 is 0 Å². The summed E-state index contributed by atoms with van der Waals surface area (Å²) < 4.78 is 6.90. The van der Waals surface area contributed by atoms with E-state index >= 15 is 0 Å². The molecule has 1 amide bonds. The fourth-order valence-electron chi connectivity index (χ4n) is 3.94. The summed E-state index contributed by atoms with van der Waals surface area (Å²) in [6.45, 7) is 6.94. The highest BCUT2D eigenvalue weighted by atomic mass is 16.5. The number of rotatable bonds is 9. The van der Waals surface area contributed by atoms with E-state index in [4.69, 9.17) is 4.74 Å². The molecule has 2 aromatic rings. The van der Waals surface area contributed by atoms with Crippen molar-refractivity contribution in [3.8, 4) is 5.75 Å². The lowest BCUT2D eigenvalue weighted by Crippen LogP contribution is -2.40. The normalized spacial score (nSPS) is 18.4. The Labute approximate surface area is 172 Å². The third-order valence-electron chi connectivity index (χ3n) is 5.68. The van der Waals surface area contributed by atoms with Crippen molar-refractivity contribution in [2.45, 2.75) is 58.0 Å². The first-order valence-corrected chi connectivity index (χ1v) is 10.5. The number of amides is 1. The first-order chi connectivity index (χ1) is 14.1. The molecule has 1 N–H and O–H groups in total. The first kappa shape index (κ1) is 21.2. The lowest BCUT2D eigenvalue weighted by Gasteiger charge is -2.33. The van der Waals surface area contributed by atoms with Gasteiger partial charge in [-0.05, 0) is 67.8 Å². The number of piperidine rings is 1. The van der Waals surface area contributed by atoms with Crippen LogP contribution < -0.4 is 10.1 Å². The van der Waals surface area contributed by atoms with E-state index in [0.29, 0.717) is 24.8 Å². The van der Waals surface area contributed by atoms with Gasteiger partial charge in [0.15, 0.2) is 0 Å². The number of nitrogens with one attached hydrogen (secondary N) is 1. The molecule has 158 valence electrons. The Kier molecular flexibility index (Phi) is 7.57. The van der Waals surface area contributed by atoms with Crippen LogP contribution in [-0.4, -0.2) is 63.8 Å². The van der Waals surface area contributed by atoms with Gasteiger partial charge in [0, 0.05) is 25.6 Å². The second-order valence-corrected chi connectivity index (χ2v) is 7.77. The molecule has 8 nitrogen and oxygen atoms in total. The number of carbonyl (C=O) groups is 1. The van der Waals surface area contributed by atoms with Gasteiger partial charge < -0.3 is 15.0 Å². The number of aryl methyl sites for hydroxylation is 1. The highest BCUT2D eigenvalue weighted by Crippen LogP contribution is 2.20. The number of methoxy groups -OCH3 is 1. The summed E-state index contributed by atoms with van der Waals surface area (Å²) in [5.41, 5.74) is 1.00. The Morgan fingerprint density at radius 3 is 2.97 bits per heavy atom. The van der Waals surface area contributed by atoms with E-state index in [1.54, 1.807) is 11.8 Å². The third kappa shape index (κ3) is 5.76. The maximum atomic E-state index is 13.0. The van der Waals surface area contributed by atoms with Crippen LogP contribution in [0.1, 0.15) is 50.0 Å². The summed E-state index contributed by atoms with van der Waals surface area (Å²) in [7, 11) is 1.64. The van der Waals surface area contributed by atoms with E-state index in [1.807, 2.05) is 31.2 Å². The molecule has 0 bridgehead atoms. The van der Waals surface area contributed by atoms with Crippen LogP contribution in [0.5, 0.6) is 5.75 Å². The van der Waals surface area contributed by atoms with Gasteiger partial charge in [0.25, 0.3) is 0 Å². The molecule has 0 spiro atoms. The lowest BCUT2D eigenvalue weighted by molar-refractivity contribution is -0.124. The van der Waals surface area contributed by atoms with Gasteiger partial charge in [0.1, 0.15) is 17.6 Å². The van der Waals surface area contributed by atoms with Crippen molar-refractivity contribution in [1.29, 1.82) is 0 Å². The highest BCUT2D eigenvalue weighted by molar-refractivity contribution is 5.80. The number of nitrogens with zero attached hydrogens (tertiary/aromatic N) is 5. The van der Waals surface area contributed by atoms with Crippen LogP contribution in [0.25, 0.3) is 0 Å². The number of carbonyl (C=O) groups excluding carboxylic acids is 1. The average molecular weight is 401 g/mol. The van der Waals surface area contributed by atoms with Crippen molar-refractivity contribution < 1.29 is 9.53 Å². The molecule has 8 heteroatoms. The van der Waals surface area contributed by atoms with Crippen molar-refractivity contribution in [2.24, 2.45) is 0 Å². The Morgan fingerprint density at radius 1 is 1.38 bits per heavy atom. The number of hydrogen-bond donors (Lipinski definition) is 1. The number of hydrogen-bond acceptors (Lipinski definition) is 6. The summed E-state index contributed by atoms with van der Waals surface area (Å²) >= 11 is 0. The van der Waals surface area contributed by atoms with Gasteiger partial charge in [0.2, 0.25) is 5.91 Å². The average Bonchev–Trinajstić information content (AvgIpc) is 3.16. The molecule has 29 heavy (non-hydrogen) atoms. The molecule has 1 fully saturated rings. The number of tetrazole rings is 1. The van der Waals surface area contributed by atoms with Crippen LogP contribution in [0.15, 0.2) is 24.3 Å². The van der Waals surface area contributed by atoms with E-state index in [2.05, 4.69) is 32.7 Å². The summed E-state index contributed by atoms with van der Waals surface area (Å²) in [6.07, 6.45) is 5.31. The van der Waals surface area contributed by atoms with Gasteiger partial charge in [-0.3, -0.25) is 4.79 Å². The highest BCUT2D eigenvalue weighted by Gasteiger charge is 2.24. The summed E-state index contributed by atoms with van der Waals surface area (Å²) in [6, 6.07) is 7.89. The standard InChI is InChI=1S/C21H32N6O2/c1-16-8-4-5-12-26(16)13-7-11-22-21(28)20(27-17(2)23-24-25-27)15-18-9-6-10-19(14-18)29-3/h6,9-10,14,16,20H,4-5,7-8,11-13,15H2,1-3H3,(H,22,28). The fourth-order valence-corrected chi connectivity index (χ4v) is 3.94. The predicted octanol–water partition coefficient (Wildman–Crippen LogP) is 2.15. The van der Waals surface area contributed by atoms with E-state index in [1.165, 1.54) is 19.3 Å². The summed E-state index contributed by atoms with van der Waals surface area (Å²) in [5, 5.41) is 14.8. The molecule has 0 radical (unpaired) electrons. The summed E-state index contributed by atoms with van der Waals surface area (Å²) in [5.74, 6) is 1.33. The number of aromatic nitrogens is 4. The molecule has 0 saturated carbocycles. The van der Waals surface area contributed by atoms with E-state index in [-0.39, 0.29) is 5.91 Å². The Morgan fingerprint density at radius 2 is 2.24 bits per heavy atom. The zero-order chi connectivity index (χ0) is 20.6. The zero-order valence-electron chi connectivity index (χ0n) is 17.7. The van der Waals surface area contributed by atoms with Crippen LogP contribution in [0.2, 0.25) is 0 Å². The lowest BCUT2D eigenvalue weighted by atomic mass is 10.0. The van der Waals surface area contributed by atoms with Gasteiger partial charge in [-0.2, -0.15) is 0 Å². The first-order valence-electron chi connectivity index (χ1n) is 10.5. The molecule has 1 saturated heterocycles. The molecule has 1 aliphatic heterocycles. The third-order valence-corrected chi connectivity index (χ3v) is 5.68. The minimum atomic E-state index is -0.494. The number of ether oxygens (including phenoxy) is 1. The van der Waals surface area contributed by atoms with Crippen LogP contribution in [0.4, 0.5) is 0 Å². The Hall–Kier alpha value is -2.48. The topological polar surface area (TPSA) is 85.2 Å². The molecule has 2 unspecified atom stereocenters. The van der Waals surface area contributed by atoms with Crippen LogP contribution in [-0.2, 0) is 11.2 Å². The molecule has 3 rings (SSSR count). The van der Waals surface area contributed by atoms with Crippen LogP contribution >= 0.6 is 0 Å². The van der Waals surface area contributed by atoms with Gasteiger partial charge in [-0.15, -0.1) is 5.10 Å². The van der Waals surface area contributed by atoms with Crippen LogP contribution in [0, 0.1) is 6.92 Å². The Balaban J connectivity index is 1.59. The van der Waals surface area contributed by atoms with Gasteiger partial charge in [-0.1, -0.05) is 18.6 Å². The van der Waals surface area contributed by atoms with Crippen molar-refractivity contribution in [1.82, 2.24) is 30.4 Å². The minimum Gasteiger partial charge on any atom is -0.497 e. The molecule has 1 aliphatic rings. The molecular formula is C21H32N6O2. The molecule has 1 aromatic carbocycles. The van der Waals surface area contributed by atoms with Gasteiger partial charge in [-0.25, -0.2) is 4.68 Å². The Bertz CT molecular complexity index is 793. The maximum absolute atomic E-state index is 13.0. The van der Waals surface area contributed by atoms with Crippen LogP contribution in [0.3, 0.4) is 0 Å². The van der Waals surface area contributed by atoms with Crippen molar-refractivity contribution >= 4 is 5.91 Å². The van der Waals surface area contributed by atoms with Gasteiger partial charge in [0.05, 0.1) is 7.11 Å². The fraction of sp³-hybridized carbons (Fsp3) is 0.619. The van der Waals surface area contributed by atoms with E-state index in [9.17, 15) is 4.79 Å². The largest absolute Gasteiger partial charge is 0.497 e. The molecule has 2 heterocycles. The smallest absolute Gasteiger partial charge is 0.245 e. The van der Waals surface area contributed by atoms with Crippen molar-refractivity contribution in [3.63, 3.8) is 0 Å². The van der Waals surface area contributed by atoms with E-state index in [0.717, 1.165) is 30.8 Å². The van der Waals surface area contributed by atoms with Crippen molar-refractivity contribution in [2.75, 3.05) is 26.7 Å². The molecule has 1 aromatic heterocycles. The second kappa shape index (κ2) is 10.3. The molecular weight excluding hydrogens is 368 g/mol. The second-order valence-electron chi connectivity index (χ2n) is 7.77. The predicted molar refractivity (Wildman–Crippen MR) is 111 cm³/mol. The summed E-state index contributed by atoms with van der Waals surface area (Å²) in [4.78, 5) is 15.5. The number of benzene rings is 1. The maximum Gasteiger partial charge on any atom is 0.245 e. The monoisotopic (exact) mass is 400 g/mol. The number of likely N-dealkylation sites (tertiary alicyclic amines) is 1. The zero-order valence-corrected chi connectivity index (χ0v) is 17.7. The molecule has 0 aliphatic carbocycles. The van der Waals surface area contributed by atoms with Crippen molar-refractivity contribution in [3.05, 3.63) is 35.7 Å². The SMILES string of the molecule is COc1cccc(CC(C(=O)NCCCN2CCCCC2C)n2nnnc2C)c1. The van der Waals surface area contributed by atoms with E-state index < -0.39 is 6.04 Å². The quantitative estimate of drug-likeness (QED) is 0.649. The molecule has 2 atom stereocenters. The minimum absolute atomic E-state index is 0.0603.